The Labute approximate surface area is 104 Å². The lowest BCUT2D eigenvalue weighted by atomic mass is 10.1. The molecule has 1 atom stereocenters. The van der Waals surface area contributed by atoms with Crippen molar-refractivity contribution in [3.8, 4) is 0 Å². The molecule has 0 fully saturated rings. The maximum absolute atomic E-state index is 11.4. The van der Waals surface area contributed by atoms with E-state index < -0.39 is 0 Å². The highest BCUT2D eigenvalue weighted by atomic mass is 16.1. The molecule has 3 nitrogen and oxygen atoms in total. The quantitative estimate of drug-likeness (QED) is 0.792. The first-order valence-corrected chi connectivity index (χ1v) is 6.20. The summed E-state index contributed by atoms with van der Waals surface area (Å²) in [6.45, 7) is 7.31. The zero-order valence-electron chi connectivity index (χ0n) is 10.9. The Bertz CT molecular complexity index is 363. The lowest BCUT2D eigenvalue weighted by Crippen LogP contribution is -2.35. The summed E-state index contributed by atoms with van der Waals surface area (Å²) in [7, 11) is 0. The van der Waals surface area contributed by atoms with E-state index in [-0.39, 0.29) is 11.9 Å². The summed E-state index contributed by atoms with van der Waals surface area (Å²) in [5, 5.41) is 6.07. The van der Waals surface area contributed by atoms with Gasteiger partial charge in [-0.1, -0.05) is 36.8 Å². The zero-order valence-corrected chi connectivity index (χ0v) is 10.9. The van der Waals surface area contributed by atoms with Gasteiger partial charge in [-0.05, 0) is 25.8 Å². The van der Waals surface area contributed by atoms with Crippen LogP contribution in [0.2, 0.25) is 0 Å². The molecule has 1 aromatic carbocycles. The fourth-order valence-corrected chi connectivity index (χ4v) is 1.63. The van der Waals surface area contributed by atoms with Crippen LogP contribution in [0.25, 0.3) is 0 Å². The van der Waals surface area contributed by atoms with Gasteiger partial charge in [0.25, 0.3) is 0 Å². The second kappa shape index (κ2) is 7.07. The number of nitrogens with one attached hydrogen (secondary N) is 2. The van der Waals surface area contributed by atoms with Crippen LogP contribution in [0.15, 0.2) is 24.3 Å². The van der Waals surface area contributed by atoms with E-state index >= 15 is 0 Å². The van der Waals surface area contributed by atoms with Gasteiger partial charge < -0.3 is 10.6 Å². The van der Waals surface area contributed by atoms with E-state index in [2.05, 4.69) is 42.7 Å². The predicted octanol–water partition coefficient (Wildman–Crippen LogP) is 2.17. The van der Waals surface area contributed by atoms with Gasteiger partial charge >= 0.3 is 0 Å². The summed E-state index contributed by atoms with van der Waals surface area (Å²) in [6.07, 6.45) is 0.971. The number of hydrogen-bond acceptors (Lipinski definition) is 2. The van der Waals surface area contributed by atoms with Crippen LogP contribution in [0, 0.1) is 6.92 Å². The molecule has 0 saturated carbocycles. The van der Waals surface area contributed by atoms with Gasteiger partial charge in [-0.2, -0.15) is 0 Å². The van der Waals surface area contributed by atoms with E-state index in [1.807, 2.05) is 13.0 Å². The molecule has 0 aliphatic heterocycles. The van der Waals surface area contributed by atoms with Crippen LogP contribution < -0.4 is 10.6 Å². The van der Waals surface area contributed by atoms with Gasteiger partial charge in [0, 0.05) is 12.6 Å². The molecule has 0 aromatic heterocycles. The van der Waals surface area contributed by atoms with Gasteiger partial charge in [0.05, 0.1) is 6.54 Å². The van der Waals surface area contributed by atoms with Crippen molar-refractivity contribution in [1.82, 2.24) is 10.6 Å². The summed E-state index contributed by atoms with van der Waals surface area (Å²) in [5.74, 6) is 0.0614. The second-order valence-corrected chi connectivity index (χ2v) is 4.37. The molecule has 0 aliphatic rings. The molecule has 2 N–H and O–H groups in total. The molecule has 0 unspecified atom stereocenters. The van der Waals surface area contributed by atoms with Gasteiger partial charge in [-0.3, -0.25) is 4.79 Å². The Hall–Kier alpha value is -1.35. The third-order valence-electron chi connectivity index (χ3n) is 2.68. The van der Waals surface area contributed by atoms with Gasteiger partial charge in [-0.15, -0.1) is 0 Å². The number of aryl methyl sites for hydroxylation is 1. The Morgan fingerprint density at radius 2 is 2.18 bits per heavy atom. The van der Waals surface area contributed by atoms with Crippen molar-refractivity contribution < 1.29 is 4.79 Å². The Morgan fingerprint density at radius 1 is 1.41 bits per heavy atom. The molecule has 0 aliphatic carbocycles. The van der Waals surface area contributed by atoms with E-state index in [0.717, 1.165) is 13.0 Å². The molecular weight excluding hydrogens is 212 g/mol. The number of carbonyl (C=O) groups is 1. The first kappa shape index (κ1) is 13.7. The third-order valence-corrected chi connectivity index (χ3v) is 2.68. The first-order chi connectivity index (χ1) is 8.13. The largest absolute Gasteiger partial charge is 0.355 e. The third kappa shape index (κ3) is 5.00. The molecule has 1 aromatic rings. The minimum atomic E-state index is 0.0614. The molecule has 1 amide bonds. The normalized spacial score (nSPS) is 12.2. The number of benzene rings is 1. The highest BCUT2D eigenvalue weighted by Gasteiger charge is 2.06. The molecule has 17 heavy (non-hydrogen) atoms. The molecule has 0 heterocycles. The molecule has 0 bridgehead atoms. The average molecular weight is 234 g/mol. The molecule has 0 saturated heterocycles. The number of rotatable bonds is 6. The number of amides is 1. The monoisotopic (exact) mass is 234 g/mol. The van der Waals surface area contributed by atoms with E-state index in [0.29, 0.717) is 6.54 Å². The van der Waals surface area contributed by atoms with Crippen molar-refractivity contribution in [3.05, 3.63) is 35.4 Å². The number of carbonyl (C=O) groups excluding carboxylic acids is 1. The minimum Gasteiger partial charge on any atom is -0.355 e. The maximum Gasteiger partial charge on any atom is 0.233 e. The zero-order chi connectivity index (χ0) is 12.7. The lowest BCUT2D eigenvalue weighted by Gasteiger charge is -2.14. The van der Waals surface area contributed by atoms with Crippen LogP contribution in [-0.2, 0) is 4.79 Å². The van der Waals surface area contributed by atoms with Gasteiger partial charge in [0.2, 0.25) is 5.91 Å². The molecule has 3 heteroatoms. The lowest BCUT2D eigenvalue weighted by molar-refractivity contribution is -0.120. The minimum absolute atomic E-state index is 0.0614. The van der Waals surface area contributed by atoms with E-state index in [1.165, 1.54) is 11.1 Å². The van der Waals surface area contributed by atoms with Crippen molar-refractivity contribution >= 4 is 5.91 Å². The average Bonchev–Trinajstić information content (AvgIpc) is 2.33. The van der Waals surface area contributed by atoms with Crippen LogP contribution in [0.1, 0.15) is 37.4 Å². The Kier molecular flexibility index (Phi) is 5.70. The second-order valence-electron chi connectivity index (χ2n) is 4.37. The number of hydrogen-bond donors (Lipinski definition) is 2. The van der Waals surface area contributed by atoms with Crippen molar-refractivity contribution in [2.24, 2.45) is 0 Å². The van der Waals surface area contributed by atoms with Gasteiger partial charge in [0.15, 0.2) is 0 Å². The Balaban J connectivity index is 2.39. The van der Waals surface area contributed by atoms with Gasteiger partial charge in [-0.25, -0.2) is 0 Å². The summed E-state index contributed by atoms with van der Waals surface area (Å²) in [6, 6.07) is 8.53. The van der Waals surface area contributed by atoms with Crippen molar-refractivity contribution in [3.63, 3.8) is 0 Å². The first-order valence-electron chi connectivity index (χ1n) is 6.20. The summed E-state index contributed by atoms with van der Waals surface area (Å²) in [5.41, 5.74) is 2.46. The highest BCUT2D eigenvalue weighted by Crippen LogP contribution is 2.13. The fourth-order valence-electron chi connectivity index (χ4n) is 1.63. The van der Waals surface area contributed by atoms with Crippen molar-refractivity contribution in [1.29, 1.82) is 0 Å². The van der Waals surface area contributed by atoms with Crippen LogP contribution in [0.5, 0.6) is 0 Å². The molecule has 1 rings (SSSR count). The highest BCUT2D eigenvalue weighted by molar-refractivity contribution is 5.77. The molecule has 0 radical (unpaired) electrons. The van der Waals surface area contributed by atoms with E-state index in [4.69, 9.17) is 0 Å². The molecule has 0 spiro atoms. The molecular formula is C14H22N2O. The Morgan fingerprint density at radius 3 is 2.82 bits per heavy atom. The summed E-state index contributed by atoms with van der Waals surface area (Å²) >= 11 is 0. The van der Waals surface area contributed by atoms with Crippen LogP contribution in [0.4, 0.5) is 0 Å². The van der Waals surface area contributed by atoms with Crippen LogP contribution in [-0.4, -0.2) is 19.0 Å². The van der Waals surface area contributed by atoms with Gasteiger partial charge in [0.1, 0.15) is 0 Å². The standard InChI is InChI=1S/C14H22N2O/c1-4-8-15-14(17)10-16-12(3)13-7-5-6-11(2)9-13/h5-7,9,12,16H,4,8,10H2,1-3H3,(H,15,17)/t12-/m0/s1. The predicted molar refractivity (Wildman–Crippen MR) is 70.9 cm³/mol. The van der Waals surface area contributed by atoms with E-state index in [9.17, 15) is 4.79 Å². The van der Waals surface area contributed by atoms with Crippen molar-refractivity contribution in [2.45, 2.75) is 33.2 Å². The van der Waals surface area contributed by atoms with Crippen LogP contribution >= 0.6 is 0 Å². The van der Waals surface area contributed by atoms with E-state index in [1.54, 1.807) is 0 Å². The molecule has 94 valence electrons. The maximum atomic E-state index is 11.4. The van der Waals surface area contributed by atoms with Crippen LogP contribution in [0.3, 0.4) is 0 Å². The fraction of sp³-hybridized carbons (Fsp3) is 0.500. The van der Waals surface area contributed by atoms with Crippen molar-refractivity contribution in [2.75, 3.05) is 13.1 Å². The topological polar surface area (TPSA) is 41.1 Å². The summed E-state index contributed by atoms with van der Waals surface area (Å²) in [4.78, 5) is 11.4. The smallest absolute Gasteiger partial charge is 0.233 e. The SMILES string of the molecule is CCCNC(=O)CN[C@@H](C)c1cccc(C)c1. The summed E-state index contributed by atoms with van der Waals surface area (Å²) < 4.78 is 0.